The molecule has 0 saturated carbocycles. The van der Waals surface area contributed by atoms with Crippen LogP contribution in [-0.2, 0) is 14.8 Å². The van der Waals surface area contributed by atoms with Gasteiger partial charge in [0.2, 0.25) is 15.9 Å². The molecule has 0 atom stereocenters. The molecule has 0 spiro atoms. The van der Waals surface area contributed by atoms with Gasteiger partial charge < -0.3 is 14.4 Å². The monoisotopic (exact) mass is 418 g/mol. The van der Waals surface area contributed by atoms with Gasteiger partial charge in [0.25, 0.3) is 0 Å². The summed E-state index contributed by atoms with van der Waals surface area (Å²) < 4.78 is 38.8. The van der Waals surface area contributed by atoms with Crippen LogP contribution in [0.15, 0.2) is 41.3 Å². The maximum absolute atomic E-state index is 12.7. The third kappa shape index (κ3) is 4.89. The lowest BCUT2D eigenvalue weighted by molar-refractivity contribution is -0.117. The average molecular weight is 419 g/mol. The molecule has 1 heterocycles. The van der Waals surface area contributed by atoms with Crippen molar-refractivity contribution in [3.8, 4) is 11.5 Å². The number of amides is 1. The summed E-state index contributed by atoms with van der Waals surface area (Å²) in [6, 6.07) is 10.3. The van der Waals surface area contributed by atoms with Crippen LogP contribution in [0.3, 0.4) is 0 Å². The lowest BCUT2D eigenvalue weighted by Crippen LogP contribution is -2.29. The number of anilines is 1. The minimum absolute atomic E-state index is 0.0346. The molecule has 2 aromatic carbocycles. The van der Waals surface area contributed by atoms with Crippen molar-refractivity contribution in [3.05, 3.63) is 47.5 Å². The van der Waals surface area contributed by atoms with Gasteiger partial charge in [0, 0.05) is 19.5 Å². The Kier molecular flexibility index (Phi) is 6.44. The van der Waals surface area contributed by atoms with E-state index in [-0.39, 0.29) is 24.0 Å². The first kappa shape index (κ1) is 21.1. The third-order valence-corrected chi connectivity index (χ3v) is 6.42. The van der Waals surface area contributed by atoms with E-state index in [9.17, 15) is 13.2 Å². The van der Waals surface area contributed by atoms with E-state index < -0.39 is 10.0 Å². The number of nitrogens with one attached hydrogen (secondary N) is 1. The Morgan fingerprint density at radius 3 is 2.55 bits per heavy atom. The van der Waals surface area contributed by atoms with Gasteiger partial charge in [-0.15, -0.1) is 0 Å². The smallest absolute Gasteiger partial charge is 0.240 e. The van der Waals surface area contributed by atoms with E-state index in [4.69, 9.17) is 9.47 Å². The molecule has 0 bridgehead atoms. The highest BCUT2D eigenvalue weighted by Crippen LogP contribution is 2.33. The van der Waals surface area contributed by atoms with Gasteiger partial charge >= 0.3 is 0 Å². The highest BCUT2D eigenvalue weighted by molar-refractivity contribution is 7.89. The van der Waals surface area contributed by atoms with Crippen LogP contribution in [0.5, 0.6) is 11.5 Å². The molecule has 8 heteroatoms. The number of aryl methyl sites for hydroxylation is 2. The van der Waals surface area contributed by atoms with Crippen molar-refractivity contribution in [1.82, 2.24) is 4.72 Å². The number of hydrogen-bond donors (Lipinski definition) is 1. The maximum atomic E-state index is 12.7. The van der Waals surface area contributed by atoms with Crippen LogP contribution in [0.1, 0.15) is 24.0 Å². The maximum Gasteiger partial charge on any atom is 0.240 e. The fraction of sp³-hybridized carbons (Fsp3) is 0.381. The summed E-state index contributed by atoms with van der Waals surface area (Å²) in [4.78, 5) is 13.7. The van der Waals surface area contributed by atoms with Gasteiger partial charge in [-0.2, -0.15) is 0 Å². The summed E-state index contributed by atoms with van der Waals surface area (Å²) in [6.07, 6.45) is 1.20. The van der Waals surface area contributed by atoms with Gasteiger partial charge in [-0.3, -0.25) is 4.79 Å². The summed E-state index contributed by atoms with van der Waals surface area (Å²) in [6.45, 7) is 4.90. The number of methoxy groups -OCH3 is 1. The normalized spacial score (nSPS) is 14.3. The summed E-state index contributed by atoms with van der Waals surface area (Å²) in [7, 11) is -2.25. The molecule has 7 nitrogen and oxygen atoms in total. The fourth-order valence-corrected chi connectivity index (χ4v) is 4.22. The number of carbonyl (C=O) groups excluding carboxylic acids is 1. The van der Waals surface area contributed by atoms with E-state index >= 15 is 0 Å². The largest absolute Gasteiger partial charge is 0.495 e. The van der Waals surface area contributed by atoms with Crippen molar-refractivity contribution < 1.29 is 22.7 Å². The first-order valence-electron chi connectivity index (χ1n) is 9.50. The van der Waals surface area contributed by atoms with Crippen LogP contribution in [0.4, 0.5) is 5.69 Å². The van der Waals surface area contributed by atoms with E-state index in [1.807, 2.05) is 32.0 Å². The molecule has 1 saturated heterocycles. The first-order valence-corrected chi connectivity index (χ1v) is 11.0. The first-order chi connectivity index (χ1) is 13.8. The highest BCUT2D eigenvalue weighted by Gasteiger charge is 2.26. The minimum atomic E-state index is -3.75. The second-order valence-corrected chi connectivity index (χ2v) is 8.74. The topological polar surface area (TPSA) is 84.9 Å². The predicted molar refractivity (Wildman–Crippen MR) is 111 cm³/mol. The van der Waals surface area contributed by atoms with Crippen molar-refractivity contribution in [1.29, 1.82) is 0 Å². The molecule has 1 N–H and O–H groups in total. The van der Waals surface area contributed by atoms with Crippen LogP contribution in [-0.4, -0.2) is 41.1 Å². The van der Waals surface area contributed by atoms with Crippen LogP contribution in [0.2, 0.25) is 0 Å². The molecule has 2 aromatic rings. The van der Waals surface area contributed by atoms with Gasteiger partial charge in [0.15, 0.2) is 0 Å². The predicted octanol–water partition coefficient (Wildman–Crippen LogP) is 2.80. The Bertz CT molecular complexity index is 1000. The molecule has 0 aliphatic carbocycles. The number of benzene rings is 2. The molecule has 0 radical (unpaired) electrons. The summed E-state index contributed by atoms with van der Waals surface area (Å²) in [5.74, 6) is 1.14. The summed E-state index contributed by atoms with van der Waals surface area (Å²) in [5.41, 5.74) is 2.76. The highest BCUT2D eigenvalue weighted by atomic mass is 32.2. The quantitative estimate of drug-likeness (QED) is 0.667. The molecule has 0 unspecified atom stereocenters. The second-order valence-electron chi connectivity index (χ2n) is 6.97. The molecular formula is C21H26N2O5S. The van der Waals surface area contributed by atoms with E-state index in [1.54, 1.807) is 11.0 Å². The van der Waals surface area contributed by atoms with Crippen molar-refractivity contribution in [2.45, 2.75) is 31.6 Å². The molecule has 3 rings (SSSR count). The van der Waals surface area contributed by atoms with E-state index in [0.717, 1.165) is 12.0 Å². The Morgan fingerprint density at radius 1 is 1.10 bits per heavy atom. The van der Waals surface area contributed by atoms with Crippen molar-refractivity contribution in [2.24, 2.45) is 0 Å². The Labute approximate surface area is 171 Å². The van der Waals surface area contributed by atoms with Crippen LogP contribution in [0.25, 0.3) is 0 Å². The molecule has 1 aliphatic heterocycles. The van der Waals surface area contributed by atoms with Gasteiger partial charge in [0.1, 0.15) is 18.1 Å². The molecule has 156 valence electrons. The summed E-state index contributed by atoms with van der Waals surface area (Å²) >= 11 is 0. The van der Waals surface area contributed by atoms with Crippen molar-refractivity contribution in [3.63, 3.8) is 0 Å². The molecular weight excluding hydrogens is 392 g/mol. The Hall–Kier alpha value is -2.58. The van der Waals surface area contributed by atoms with Crippen molar-refractivity contribution >= 4 is 21.6 Å². The van der Waals surface area contributed by atoms with Gasteiger partial charge in [-0.05, 0) is 61.7 Å². The summed E-state index contributed by atoms with van der Waals surface area (Å²) in [5, 5.41) is 0. The lowest BCUT2D eigenvalue weighted by atomic mass is 10.1. The zero-order valence-electron chi connectivity index (χ0n) is 16.9. The van der Waals surface area contributed by atoms with Crippen molar-refractivity contribution in [2.75, 3.05) is 31.7 Å². The van der Waals surface area contributed by atoms with Crippen LogP contribution in [0, 0.1) is 13.8 Å². The van der Waals surface area contributed by atoms with Gasteiger partial charge in [-0.1, -0.05) is 6.07 Å². The minimum Gasteiger partial charge on any atom is -0.495 e. The van der Waals surface area contributed by atoms with E-state index in [0.29, 0.717) is 30.2 Å². The Balaban J connectivity index is 1.67. The number of ether oxygens (including phenoxy) is 2. The standard InChI is InChI=1S/C21H26N2O5S/c1-15-6-7-17(13-16(15)2)28-12-10-22-29(25,26)18-8-9-20(27-3)19(14-18)23-11-4-5-21(23)24/h6-9,13-14,22H,4-5,10-12H2,1-3H3. The molecule has 0 aromatic heterocycles. The number of sulfonamides is 1. The van der Waals surface area contributed by atoms with Gasteiger partial charge in [0.05, 0.1) is 17.7 Å². The zero-order chi connectivity index (χ0) is 21.0. The van der Waals surface area contributed by atoms with Crippen LogP contribution >= 0.6 is 0 Å². The average Bonchev–Trinajstić information content (AvgIpc) is 3.13. The molecule has 29 heavy (non-hydrogen) atoms. The van der Waals surface area contributed by atoms with Gasteiger partial charge in [-0.25, -0.2) is 13.1 Å². The van der Waals surface area contributed by atoms with E-state index in [1.165, 1.54) is 24.8 Å². The van der Waals surface area contributed by atoms with E-state index in [2.05, 4.69) is 4.72 Å². The molecule has 1 aliphatic rings. The fourth-order valence-electron chi connectivity index (χ4n) is 3.18. The molecule has 1 fully saturated rings. The Morgan fingerprint density at radius 2 is 1.90 bits per heavy atom. The SMILES string of the molecule is COc1ccc(S(=O)(=O)NCCOc2ccc(C)c(C)c2)cc1N1CCCC1=O. The molecule has 1 amide bonds. The number of carbonyl (C=O) groups is 1. The third-order valence-electron chi connectivity index (χ3n) is 4.97. The zero-order valence-corrected chi connectivity index (χ0v) is 17.7. The number of nitrogens with zero attached hydrogens (tertiary/aromatic N) is 1. The second kappa shape index (κ2) is 8.84. The lowest BCUT2D eigenvalue weighted by Gasteiger charge is -2.20. The number of hydrogen-bond acceptors (Lipinski definition) is 5. The van der Waals surface area contributed by atoms with Crippen LogP contribution < -0.4 is 19.1 Å². The number of rotatable bonds is 8.